The fourth-order valence-corrected chi connectivity index (χ4v) is 3.40. The van der Waals surface area contributed by atoms with Crippen molar-refractivity contribution in [1.29, 1.82) is 0 Å². The van der Waals surface area contributed by atoms with Crippen LogP contribution in [0.25, 0.3) is 0 Å². The summed E-state index contributed by atoms with van der Waals surface area (Å²) in [7, 11) is 1.63. The predicted octanol–water partition coefficient (Wildman–Crippen LogP) is 3.93. The molecular formula is C23H29NO4. The summed E-state index contributed by atoms with van der Waals surface area (Å²) in [5, 5.41) is 2.96. The van der Waals surface area contributed by atoms with Gasteiger partial charge in [-0.05, 0) is 81.0 Å². The molecule has 0 aromatic heterocycles. The maximum Gasteiger partial charge on any atom is 0.261 e. The first kappa shape index (κ1) is 20.1. The number of rotatable bonds is 8. The molecule has 2 aromatic carbocycles. The Morgan fingerprint density at radius 3 is 2.50 bits per heavy atom. The van der Waals surface area contributed by atoms with Gasteiger partial charge >= 0.3 is 0 Å². The Kier molecular flexibility index (Phi) is 6.80. The monoisotopic (exact) mass is 383 g/mol. The second kappa shape index (κ2) is 9.49. The number of aryl methyl sites for hydroxylation is 1. The number of fused-ring (bicyclic) bond motifs is 1. The fourth-order valence-electron chi connectivity index (χ4n) is 3.40. The van der Waals surface area contributed by atoms with Crippen molar-refractivity contribution in [2.45, 2.75) is 51.7 Å². The molecule has 0 saturated carbocycles. The van der Waals surface area contributed by atoms with Crippen molar-refractivity contribution in [2.24, 2.45) is 0 Å². The Morgan fingerprint density at radius 2 is 1.75 bits per heavy atom. The Balaban J connectivity index is 1.49. The van der Waals surface area contributed by atoms with E-state index in [4.69, 9.17) is 14.2 Å². The van der Waals surface area contributed by atoms with E-state index >= 15 is 0 Å². The van der Waals surface area contributed by atoms with Crippen LogP contribution in [-0.2, 0) is 17.6 Å². The molecule has 0 radical (unpaired) electrons. The minimum atomic E-state index is -0.558. The van der Waals surface area contributed by atoms with Gasteiger partial charge in [0.2, 0.25) is 0 Å². The lowest BCUT2D eigenvalue weighted by molar-refractivity contribution is -0.128. The molecule has 3 rings (SSSR count). The van der Waals surface area contributed by atoms with Gasteiger partial charge in [0.25, 0.3) is 5.91 Å². The van der Waals surface area contributed by atoms with E-state index in [1.54, 1.807) is 14.0 Å². The molecule has 0 aliphatic heterocycles. The molecule has 2 unspecified atom stereocenters. The van der Waals surface area contributed by atoms with Crippen LogP contribution in [0.3, 0.4) is 0 Å². The first-order chi connectivity index (χ1) is 13.6. The first-order valence-electron chi connectivity index (χ1n) is 9.91. The van der Waals surface area contributed by atoms with E-state index in [0.717, 1.165) is 30.1 Å². The van der Waals surface area contributed by atoms with Crippen molar-refractivity contribution in [3.05, 3.63) is 53.6 Å². The summed E-state index contributed by atoms with van der Waals surface area (Å²) in [4.78, 5) is 12.5. The molecule has 5 heteroatoms. The first-order valence-corrected chi connectivity index (χ1v) is 9.91. The number of hydrogen-bond acceptors (Lipinski definition) is 4. The highest BCUT2D eigenvalue weighted by Gasteiger charge is 2.20. The van der Waals surface area contributed by atoms with Crippen LogP contribution in [0.5, 0.6) is 17.2 Å². The van der Waals surface area contributed by atoms with Crippen molar-refractivity contribution >= 4 is 5.91 Å². The van der Waals surface area contributed by atoms with Gasteiger partial charge in [0.1, 0.15) is 23.9 Å². The summed E-state index contributed by atoms with van der Waals surface area (Å²) in [6.07, 6.45) is 3.95. The third kappa shape index (κ3) is 5.18. The maximum atomic E-state index is 12.5. The van der Waals surface area contributed by atoms with E-state index in [-0.39, 0.29) is 11.9 Å². The van der Waals surface area contributed by atoms with Gasteiger partial charge in [0, 0.05) is 0 Å². The minimum Gasteiger partial charge on any atom is -0.497 e. The molecule has 5 nitrogen and oxygen atoms in total. The summed E-state index contributed by atoms with van der Waals surface area (Å²) in [6, 6.07) is 13.4. The zero-order valence-electron chi connectivity index (χ0n) is 16.9. The number of methoxy groups -OCH3 is 1. The summed E-state index contributed by atoms with van der Waals surface area (Å²) in [6.45, 7) is 4.08. The van der Waals surface area contributed by atoms with E-state index < -0.39 is 6.10 Å². The second-order valence-electron chi connectivity index (χ2n) is 7.26. The smallest absolute Gasteiger partial charge is 0.261 e. The van der Waals surface area contributed by atoms with Crippen molar-refractivity contribution in [2.75, 3.05) is 13.7 Å². The van der Waals surface area contributed by atoms with Crippen LogP contribution in [0.2, 0.25) is 0 Å². The van der Waals surface area contributed by atoms with Gasteiger partial charge in [-0.3, -0.25) is 4.79 Å². The molecule has 0 heterocycles. The number of hydrogen-bond donors (Lipinski definition) is 1. The van der Waals surface area contributed by atoms with Gasteiger partial charge in [-0.2, -0.15) is 0 Å². The second-order valence-corrected chi connectivity index (χ2v) is 7.26. The third-order valence-electron chi connectivity index (χ3n) is 4.97. The zero-order chi connectivity index (χ0) is 19.9. The number of amides is 1. The van der Waals surface area contributed by atoms with Gasteiger partial charge in [-0.25, -0.2) is 0 Å². The van der Waals surface area contributed by atoms with E-state index in [9.17, 15) is 4.79 Å². The van der Waals surface area contributed by atoms with Crippen LogP contribution >= 0.6 is 0 Å². The summed E-state index contributed by atoms with van der Waals surface area (Å²) >= 11 is 0. The number of carbonyl (C=O) groups excluding carboxylic acids is 1. The number of carbonyl (C=O) groups is 1. The van der Waals surface area contributed by atoms with Gasteiger partial charge < -0.3 is 19.5 Å². The average Bonchev–Trinajstić information content (AvgIpc) is 2.73. The van der Waals surface area contributed by atoms with Crippen molar-refractivity contribution in [3.63, 3.8) is 0 Å². The quantitative estimate of drug-likeness (QED) is 0.751. The van der Waals surface area contributed by atoms with Gasteiger partial charge in [-0.15, -0.1) is 0 Å². The lowest BCUT2D eigenvalue weighted by atomic mass is 9.91. The van der Waals surface area contributed by atoms with Crippen molar-refractivity contribution < 1.29 is 19.0 Å². The summed E-state index contributed by atoms with van der Waals surface area (Å²) < 4.78 is 16.9. The molecule has 1 N–H and O–H groups in total. The molecule has 2 aromatic rings. The Labute approximate surface area is 167 Å². The highest BCUT2D eigenvalue weighted by molar-refractivity contribution is 5.81. The largest absolute Gasteiger partial charge is 0.497 e. The number of benzene rings is 2. The summed E-state index contributed by atoms with van der Waals surface area (Å²) in [5.74, 6) is 2.21. The zero-order valence-corrected chi connectivity index (χ0v) is 16.9. The van der Waals surface area contributed by atoms with E-state index in [1.807, 2.05) is 43.3 Å². The standard InChI is InChI=1S/C23H29NO4/c1-16(15-27-20-13-11-19(26-3)12-14-20)24-23(25)17(2)28-22-10-6-8-18-7-4-5-9-21(18)22/h6,8,10-14,16-17H,4-5,7,9,15H2,1-3H3,(H,24,25). The van der Waals surface area contributed by atoms with Crippen LogP contribution in [-0.4, -0.2) is 31.8 Å². The molecule has 1 amide bonds. The van der Waals surface area contributed by atoms with E-state index in [2.05, 4.69) is 11.4 Å². The molecule has 0 bridgehead atoms. The highest BCUT2D eigenvalue weighted by atomic mass is 16.5. The fraction of sp³-hybridized carbons (Fsp3) is 0.435. The van der Waals surface area contributed by atoms with E-state index in [1.165, 1.54) is 24.0 Å². The Hall–Kier alpha value is -2.69. The normalized spacial score (nSPS) is 15.1. The molecule has 1 aliphatic carbocycles. The van der Waals surface area contributed by atoms with Gasteiger partial charge in [0.05, 0.1) is 13.2 Å². The number of nitrogens with one attached hydrogen (secondary N) is 1. The summed E-state index contributed by atoms with van der Waals surface area (Å²) in [5.41, 5.74) is 2.60. The molecule has 28 heavy (non-hydrogen) atoms. The van der Waals surface area contributed by atoms with Crippen LogP contribution < -0.4 is 19.5 Å². The van der Waals surface area contributed by atoms with Crippen molar-refractivity contribution in [1.82, 2.24) is 5.32 Å². The molecule has 2 atom stereocenters. The van der Waals surface area contributed by atoms with Crippen LogP contribution in [0.1, 0.15) is 37.8 Å². The SMILES string of the molecule is COc1ccc(OCC(C)NC(=O)C(C)Oc2cccc3c2CCCC3)cc1. The van der Waals surface area contributed by atoms with E-state index in [0.29, 0.717) is 6.61 Å². The maximum absolute atomic E-state index is 12.5. The Bertz CT molecular complexity index is 788. The predicted molar refractivity (Wildman–Crippen MR) is 109 cm³/mol. The molecule has 1 aliphatic rings. The Morgan fingerprint density at radius 1 is 1.04 bits per heavy atom. The molecular weight excluding hydrogens is 354 g/mol. The lowest BCUT2D eigenvalue weighted by Gasteiger charge is -2.23. The lowest BCUT2D eigenvalue weighted by Crippen LogP contribution is -2.43. The highest BCUT2D eigenvalue weighted by Crippen LogP contribution is 2.30. The van der Waals surface area contributed by atoms with Crippen LogP contribution in [0.15, 0.2) is 42.5 Å². The molecule has 0 spiro atoms. The van der Waals surface area contributed by atoms with Crippen molar-refractivity contribution in [3.8, 4) is 17.2 Å². The topological polar surface area (TPSA) is 56.8 Å². The third-order valence-corrected chi connectivity index (χ3v) is 4.97. The van der Waals surface area contributed by atoms with Gasteiger partial charge in [0.15, 0.2) is 6.10 Å². The van der Waals surface area contributed by atoms with Gasteiger partial charge in [-0.1, -0.05) is 12.1 Å². The molecule has 150 valence electrons. The average molecular weight is 383 g/mol. The molecule has 0 fully saturated rings. The molecule has 0 saturated heterocycles. The van der Waals surface area contributed by atoms with Crippen LogP contribution in [0, 0.1) is 0 Å². The number of ether oxygens (including phenoxy) is 3. The van der Waals surface area contributed by atoms with Crippen LogP contribution in [0.4, 0.5) is 0 Å². The minimum absolute atomic E-state index is 0.134.